The van der Waals surface area contributed by atoms with E-state index in [0.717, 1.165) is 11.1 Å². The van der Waals surface area contributed by atoms with Crippen LogP contribution >= 0.6 is 0 Å². The molecular formula is C17H19FO3. The molecule has 21 heavy (non-hydrogen) atoms. The van der Waals surface area contributed by atoms with Crippen molar-refractivity contribution in [1.82, 2.24) is 0 Å². The highest BCUT2D eigenvalue weighted by atomic mass is 19.1. The molecule has 0 aromatic heterocycles. The number of benzene rings is 2. The van der Waals surface area contributed by atoms with Gasteiger partial charge in [-0.1, -0.05) is 42.5 Å². The second kappa shape index (κ2) is 7.88. The maximum absolute atomic E-state index is 13.1. The summed E-state index contributed by atoms with van der Waals surface area (Å²) >= 11 is 0. The van der Waals surface area contributed by atoms with Gasteiger partial charge in [-0.25, -0.2) is 4.39 Å². The van der Waals surface area contributed by atoms with E-state index < -0.39 is 6.10 Å². The molecule has 0 spiro atoms. The third-order valence-corrected chi connectivity index (χ3v) is 3.35. The van der Waals surface area contributed by atoms with Gasteiger partial charge in [-0.2, -0.15) is 0 Å². The molecule has 0 unspecified atom stereocenters. The number of aliphatic hydroxyl groups excluding tert-OH is 1. The van der Waals surface area contributed by atoms with Crippen LogP contribution in [0.2, 0.25) is 0 Å². The molecule has 0 heterocycles. The summed E-state index contributed by atoms with van der Waals surface area (Å²) in [5.74, 6) is -0.545. The first kappa shape index (κ1) is 15.6. The largest absolute Gasteiger partial charge is 0.396 e. The van der Waals surface area contributed by atoms with E-state index in [4.69, 9.17) is 9.47 Å². The molecule has 0 radical (unpaired) electrons. The number of hydrogen-bond donors (Lipinski definition) is 1. The molecule has 0 aliphatic heterocycles. The van der Waals surface area contributed by atoms with Crippen LogP contribution in [0.25, 0.3) is 0 Å². The fraction of sp³-hybridized carbons (Fsp3) is 0.294. The van der Waals surface area contributed by atoms with E-state index in [2.05, 4.69) is 0 Å². The van der Waals surface area contributed by atoms with Crippen molar-refractivity contribution in [2.45, 2.75) is 12.0 Å². The Kier molecular flexibility index (Phi) is 5.87. The third-order valence-electron chi connectivity index (χ3n) is 3.35. The minimum absolute atomic E-state index is 0.0736. The van der Waals surface area contributed by atoms with E-state index in [1.165, 1.54) is 19.2 Å². The summed E-state index contributed by atoms with van der Waals surface area (Å²) in [4.78, 5) is 0. The summed E-state index contributed by atoms with van der Waals surface area (Å²) in [6.07, 6.45) is -0.405. The topological polar surface area (TPSA) is 38.7 Å². The van der Waals surface area contributed by atoms with E-state index in [1.807, 2.05) is 30.3 Å². The first-order valence-corrected chi connectivity index (χ1v) is 6.78. The summed E-state index contributed by atoms with van der Waals surface area (Å²) < 4.78 is 23.8. The van der Waals surface area contributed by atoms with E-state index >= 15 is 0 Å². The molecule has 112 valence electrons. The van der Waals surface area contributed by atoms with Crippen LogP contribution in [0.5, 0.6) is 0 Å². The van der Waals surface area contributed by atoms with Crippen molar-refractivity contribution in [3.05, 3.63) is 71.5 Å². The second-order valence-electron chi connectivity index (χ2n) is 4.75. The van der Waals surface area contributed by atoms with Gasteiger partial charge in [-0.3, -0.25) is 0 Å². The Labute approximate surface area is 124 Å². The highest BCUT2D eigenvalue weighted by Crippen LogP contribution is 2.33. The summed E-state index contributed by atoms with van der Waals surface area (Å²) in [5, 5.41) is 9.77. The SMILES string of the molecule is COCO[C@@H](c1ccc(F)cc1)[C@H](CO)c1ccccc1. The molecule has 2 atom stereocenters. The molecule has 2 rings (SSSR count). The summed E-state index contributed by atoms with van der Waals surface area (Å²) in [6, 6.07) is 15.7. The van der Waals surface area contributed by atoms with Gasteiger partial charge in [0.1, 0.15) is 12.6 Å². The van der Waals surface area contributed by atoms with Gasteiger partial charge in [0.2, 0.25) is 0 Å². The lowest BCUT2D eigenvalue weighted by atomic mass is 9.89. The molecular weight excluding hydrogens is 271 g/mol. The second-order valence-corrected chi connectivity index (χ2v) is 4.75. The van der Waals surface area contributed by atoms with Crippen LogP contribution in [0.4, 0.5) is 4.39 Å². The predicted octanol–water partition coefficient (Wildman–Crippen LogP) is 3.26. The Morgan fingerprint density at radius 3 is 2.24 bits per heavy atom. The summed E-state index contributed by atoms with van der Waals surface area (Å²) in [5.41, 5.74) is 1.77. The molecule has 0 bridgehead atoms. The first-order valence-electron chi connectivity index (χ1n) is 6.78. The van der Waals surface area contributed by atoms with Crippen molar-refractivity contribution in [1.29, 1.82) is 0 Å². The van der Waals surface area contributed by atoms with Crippen molar-refractivity contribution >= 4 is 0 Å². The van der Waals surface area contributed by atoms with Crippen LogP contribution in [-0.2, 0) is 9.47 Å². The number of halogens is 1. The van der Waals surface area contributed by atoms with E-state index in [1.54, 1.807) is 12.1 Å². The van der Waals surface area contributed by atoms with Gasteiger partial charge in [0.05, 0.1) is 12.7 Å². The van der Waals surface area contributed by atoms with E-state index in [9.17, 15) is 9.50 Å². The smallest absolute Gasteiger partial charge is 0.147 e. The fourth-order valence-electron chi connectivity index (χ4n) is 2.31. The molecule has 0 aliphatic rings. The average Bonchev–Trinajstić information content (AvgIpc) is 2.53. The van der Waals surface area contributed by atoms with E-state index in [0.29, 0.717) is 0 Å². The lowest BCUT2D eigenvalue weighted by Crippen LogP contribution is -2.19. The Hall–Kier alpha value is -1.75. The quantitative estimate of drug-likeness (QED) is 0.795. The van der Waals surface area contributed by atoms with Gasteiger partial charge in [0.25, 0.3) is 0 Å². The van der Waals surface area contributed by atoms with Crippen LogP contribution in [-0.4, -0.2) is 25.6 Å². The molecule has 0 saturated carbocycles. The highest BCUT2D eigenvalue weighted by Gasteiger charge is 2.25. The molecule has 0 aliphatic carbocycles. The zero-order valence-electron chi connectivity index (χ0n) is 11.9. The third kappa shape index (κ3) is 4.11. The maximum atomic E-state index is 13.1. The van der Waals surface area contributed by atoms with Crippen LogP contribution in [0.15, 0.2) is 54.6 Å². The normalized spacial score (nSPS) is 13.9. The van der Waals surface area contributed by atoms with Crippen LogP contribution in [0, 0.1) is 5.82 Å². The van der Waals surface area contributed by atoms with Crippen LogP contribution < -0.4 is 0 Å². The molecule has 0 amide bonds. The molecule has 0 fully saturated rings. The lowest BCUT2D eigenvalue weighted by Gasteiger charge is -2.26. The molecule has 1 N–H and O–H groups in total. The van der Waals surface area contributed by atoms with Gasteiger partial charge < -0.3 is 14.6 Å². The Morgan fingerprint density at radius 2 is 1.67 bits per heavy atom. The number of aliphatic hydroxyl groups is 1. The number of methoxy groups -OCH3 is 1. The standard InChI is InChI=1S/C17H19FO3/c1-20-12-21-17(14-7-9-15(18)10-8-14)16(11-19)13-5-3-2-4-6-13/h2-10,16-17,19H,11-12H2,1H3/t16-,17+/m1/s1. The van der Waals surface area contributed by atoms with E-state index in [-0.39, 0.29) is 25.1 Å². The van der Waals surface area contributed by atoms with Crippen molar-refractivity contribution in [3.8, 4) is 0 Å². The lowest BCUT2D eigenvalue weighted by molar-refractivity contribution is -0.0872. The monoisotopic (exact) mass is 290 g/mol. The van der Waals surface area contributed by atoms with Gasteiger partial charge >= 0.3 is 0 Å². The minimum Gasteiger partial charge on any atom is -0.396 e. The Morgan fingerprint density at radius 1 is 1.00 bits per heavy atom. The molecule has 0 saturated heterocycles. The van der Waals surface area contributed by atoms with Crippen molar-refractivity contribution in [2.75, 3.05) is 20.5 Å². The van der Waals surface area contributed by atoms with Crippen molar-refractivity contribution in [3.63, 3.8) is 0 Å². The van der Waals surface area contributed by atoms with Gasteiger partial charge in [0.15, 0.2) is 0 Å². The number of hydrogen-bond acceptors (Lipinski definition) is 3. The van der Waals surface area contributed by atoms with Crippen LogP contribution in [0.1, 0.15) is 23.1 Å². The van der Waals surface area contributed by atoms with Gasteiger partial charge in [-0.15, -0.1) is 0 Å². The molecule has 4 heteroatoms. The highest BCUT2D eigenvalue weighted by molar-refractivity contribution is 5.27. The zero-order valence-corrected chi connectivity index (χ0v) is 11.9. The zero-order chi connectivity index (χ0) is 15.1. The molecule has 2 aromatic carbocycles. The number of rotatable bonds is 7. The van der Waals surface area contributed by atoms with Gasteiger partial charge in [-0.05, 0) is 23.3 Å². The maximum Gasteiger partial charge on any atom is 0.147 e. The first-order chi connectivity index (χ1) is 10.3. The van der Waals surface area contributed by atoms with Crippen molar-refractivity contribution in [2.24, 2.45) is 0 Å². The van der Waals surface area contributed by atoms with Crippen LogP contribution in [0.3, 0.4) is 0 Å². The van der Waals surface area contributed by atoms with Gasteiger partial charge in [0, 0.05) is 13.0 Å². The predicted molar refractivity (Wildman–Crippen MR) is 78.4 cm³/mol. The number of ether oxygens (including phenoxy) is 2. The Bertz CT molecular complexity index is 527. The summed E-state index contributed by atoms with van der Waals surface area (Å²) in [7, 11) is 1.54. The molecule has 2 aromatic rings. The average molecular weight is 290 g/mol. The summed E-state index contributed by atoms with van der Waals surface area (Å²) in [6.45, 7) is 0.0289. The minimum atomic E-state index is -0.405. The fourth-order valence-corrected chi connectivity index (χ4v) is 2.31. The van der Waals surface area contributed by atoms with Crippen molar-refractivity contribution < 1.29 is 19.0 Å². The molecule has 3 nitrogen and oxygen atoms in total. The Balaban J connectivity index is 2.31.